The van der Waals surface area contributed by atoms with E-state index in [2.05, 4.69) is 45.6 Å². The predicted molar refractivity (Wildman–Crippen MR) is 72.0 cm³/mol. The summed E-state index contributed by atoms with van der Waals surface area (Å²) in [7, 11) is 4.31. The van der Waals surface area contributed by atoms with E-state index in [0.717, 1.165) is 30.4 Å². The molecule has 0 amide bonds. The van der Waals surface area contributed by atoms with E-state index in [1.54, 1.807) is 0 Å². The highest BCUT2D eigenvalue weighted by Crippen LogP contribution is 2.20. The minimum Gasteiger partial charge on any atom is -0.341 e. The van der Waals surface area contributed by atoms with Crippen molar-refractivity contribution in [1.29, 1.82) is 0 Å². The first-order valence-corrected chi connectivity index (χ1v) is 6.61. The summed E-state index contributed by atoms with van der Waals surface area (Å²) < 4.78 is 2.78. The second-order valence-electron chi connectivity index (χ2n) is 4.75. The highest BCUT2D eigenvalue weighted by molar-refractivity contribution is 7.71. The predicted octanol–water partition coefficient (Wildman–Crippen LogP) is 1.49. The van der Waals surface area contributed by atoms with Gasteiger partial charge in [0.1, 0.15) is 0 Å². The molecule has 0 aromatic carbocycles. The number of nitrogens with zero attached hydrogens (tertiary/aromatic N) is 4. The lowest BCUT2D eigenvalue weighted by atomic mass is 10.0. The standard InChI is InChI=1S/C11H21N5S/c1-4-16-10(12-13-11(16)17)15-7-5-9(6-8-15)14(2)3/h9H,4-8H2,1-3H3,(H,13,17). The Labute approximate surface area is 107 Å². The smallest absolute Gasteiger partial charge is 0.225 e. The first-order valence-electron chi connectivity index (χ1n) is 6.20. The molecule has 17 heavy (non-hydrogen) atoms. The molecule has 2 rings (SSSR count). The summed E-state index contributed by atoms with van der Waals surface area (Å²) in [6, 6.07) is 0.697. The van der Waals surface area contributed by atoms with Crippen molar-refractivity contribution in [2.75, 3.05) is 32.1 Å². The van der Waals surface area contributed by atoms with Crippen LogP contribution in [0.5, 0.6) is 0 Å². The first-order chi connectivity index (χ1) is 8.13. The lowest BCUT2D eigenvalue weighted by Gasteiger charge is -2.35. The van der Waals surface area contributed by atoms with Crippen LogP contribution >= 0.6 is 12.2 Å². The fourth-order valence-corrected chi connectivity index (χ4v) is 2.67. The van der Waals surface area contributed by atoms with E-state index in [9.17, 15) is 0 Å². The third kappa shape index (κ3) is 2.52. The summed E-state index contributed by atoms with van der Waals surface area (Å²) >= 11 is 5.22. The zero-order chi connectivity index (χ0) is 12.4. The van der Waals surface area contributed by atoms with Gasteiger partial charge in [-0.15, -0.1) is 5.10 Å². The van der Waals surface area contributed by atoms with Gasteiger partial charge in [-0.1, -0.05) is 0 Å². The molecule has 6 heteroatoms. The van der Waals surface area contributed by atoms with Crippen LogP contribution in [0.2, 0.25) is 0 Å². The van der Waals surface area contributed by atoms with Crippen LogP contribution in [-0.4, -0.2) is 52.9 Å². The van der Waals surface area contributed by atoms with Crippen molar-refractivity contribution >= 4 is 18.2 Å². The summed E-state index contributed by atoms with van der Waals surface area (Å²) in [6.07, 6.45) is 2.38. The molecule has 0 bridgehead atoms. The number of piperidine rings is 1. The SMILES string of the molecule is CCn1c(N2CCC(N(C)C)CC2)n[nH]c1=S. The number of rotatable bonds is 3. The summed E-state index contributed by atoms with van der Waals surface area (Å²) in [5, 5.41) is 7.22. The minimum absolute atomic E-state index is 0.697. The first kappa shape index (κ1) is 12.6. The van der Waals surface area contributed by atoms with Crippen LogP contribution in [0.1, 0.15) is 19.8 Å². The Morgan fingerprint density at radius 3 is 2.59 bits per heavy atom. The van der Waals surface area contributed by atoms with Gasteiger partial charge in [0.25, 0.3) is 0 Å². The van der Waals surface area contributed by atoms with E-state index in [4.69, 9.17) is 12.2 Å². The van der Waals surface area contributed by atoms with E-state index in [0.29, 0.717) is 6.04 Å². The molecule has 96 valence electrons. The zero-order valence-corrected chi connectivity index (χ0v) is 11.6. The highest BCUT2D eigenvalue weighted by Gasteiger charge is 2.23. The molecule has 1 saturated heterocycles. The molecular formula is C11H21N5S. The van der Waals surface area contributed by atoms with Crippen molar-refractivity contribution < 1.29 is 0 Å². The molecule has 1 N–H and O–H groups in total. The molecule has 2 heterocycles. The molecule has 0 radical (unpaired) electrons. The van der Waals surface area contributed by atoms with Gasteiger partial charge in [-0.3, -0.25) is 4.57 Å². The van der Waals surface area contributed by atoms with E-state index < -0.39 is 0 Å². The van der Waals surface area contributed by atoms with Crippen molar-refractivity contribution in [3.63, 3.8) is 0 Å². The maximum Gasteiger partial charge on any atom is 0.225 e. The maximum atomic E-state index is 5.22. The van der Waals surface area contributed by atoms with E-state index >= 15 is 0 Å². The summed E-state index contributed by atoms with van der Waals surface area (Å²) in [5.74, 6) is 0.995. The molecule has 1 fully saturated rings. The van der Waals surface area contributed by atoms with Gasteiger partial charge in [-0.2, -0.15) is 0 Å². The van der Waals surface area contributed by atoms with Crippen molar-refractivity contribution in [2.45, 2.75) is 32.4 Å². The molecule has 0 spiro atoms. The zero-order valence-electron chi connectivity index (χ0n) is 10.8. The Hall–Kier alpha value is -0.880. The van der Waals surface area contributed by atoms with Crippen LogP contribution in [0.25, 0.3) is 0 Å². The Kier molecular flexibility index (Phi) is 3.83. The monoisotopic (exact) mass is 255 g/mol. The van der Waals surface area contributed by atoms with Gasteiger partial charge in [0.05, 0.1) is 0 Å². The third-order valence-corrected chi connectivity index (χ3v) is 3.84. The average Bonchev–Trinajstić information content (AvgIpc) is 2.70. The van der Waals surface area contributed by atoms with Crippen molar-refractivity contribution in [2.24, 2.45) is 0 Å². The second kappa shape index (κ2) is 5.18. The number of H-pyrrole nitrogens is 1. The lowest BCUT2D eigenvalue weighted by Crippen LogP contribution is -2.42. The van der Waals surface area contributed by atoms with Gasteiger partial charge in [0, 0.05) is 25.7 Å². The van der Waals surface area contributed by atoms with Crippen LogP contribution < -0.4 is 4.90 Å². The van der Waals surface area contributed by atoms with Gasteiger partial charge in [0.15, 0.2) is 4.77 Å². The molecule has 1 aromatic heterocycles. The molecule has 5 nitrogen and oxygen atoms in total. The average molecular weight is 255 g/mol. The molecule has 0 unspecified atom stereocenters. The van der Waals surface area contributed by atoms with E-state index in [1.165, 1.54) is 12.8 Å². The number of nitrogens with one attached hydrogen (secondary N) is 1. The molecule has 0 atom stereocenters. The normalized spacial score (nSPS) is 18.0. The fraction of sp³-hybridized carbons (Fsp3) is 0.818. The highest BCUT2D eigenvalue weighted by atomic mass is 32.1. The van der Waals surface area contributed by atoms with Gasteiger partial charge < -0.3 is 9.80 Å². The fourth-order valence-electron chi connectivity index (χ4n) is 2.42. The summed E-state index contributed by atoms with van der Waals surface area (Å²) in [6.45, 7) is 5.09. The number of hydrogen-bond donors (Lipinski definition) is 1. The molecule has 1 aliphatic rings. The van der Waals surface area contributed by atoms with Gasteiger partial charge in [-0.05, 0) is 46.1 Å². The van der Waals surface area contributed by atoms with Crippen LogP contribution in [0, 0.1) is 4.77 Å². The quantitative estimate of drug-likeness (QED) is 0.831. The maximum absolute atomic E-state index is 5.22. The van der Waals surface area contributed by atoms with Crippen LogP contribution in [0.4, 0.5) is 5.95 Å². The second-order valence-corrected chi connectivity index (χ2v) is 5.14. The third-order valence-electron chi connectivity index (χ3n) is 3.53. The van der Waals surface area contributed by atoms with E-state index in [-0.39, 0.29) is 0 Å². The van der Waals surface area contributed by atoms with Crippen molar-refractivity contribution in [1.82, 2.24) is 19.7 Å². The van der Waals surface area contributed by atoms with Crippen LogP contribution in [0.15, 0.2) is 0 Å². The molecule has 0 aliphatic carbocycles. The Bertz CT molecular complexity index is 414. The van der Waals surface area contributed by atoms with Crippen LogP contribution in [0.3, 0.4) is 0 Å². The number of aromatic amines is 1. The van der Waals surface area contributed by atoms with E-state index in [1.807, 2.05) is 0 Å². The molecule has 1 aliphatic heterocycles. The summed E-state index contributed by atoms with van der Waals surface area (Å²) in [5.41, 5.74) is 0. The number of anilines is 1. The van der Waals surface area contributed by atoms with Crippen molar-refractivity contribution in [3.8, 4) is 0 Å². The number of hydrogen-bond acceptors (Lipinski definition) is 4. The van der Waals surface area contributed by atoms with Gasteiger partial charge in [-0.25, -0.2) is 5.10 Å². The molecule has 0 saturated carbocycles. The Morgan fingerprint density at radius 2 is 2.06 bits per heavy atom. The van der Waals surface area contributed by atoms with Crippen LogP contribution in [-0.2, 0) is 6.54 Å². The summed E-state index contributed by atoms with van der Waals surface area (Å²) in [4.78, 5) is 4.64. The number of aromatic nitrogens is 3. The Morgan fingerprint density at radius 1 is 1.41 bits per heavy atom. The largest absolute Gasteiger partial charge is 0.341 e. The van der Waals surface area contributed by atoms with Gasteiger partial charge >= 0.3 is 0 Å². The Balaban J connectivity index is 2.08. The topological polar surface area (TPSA) is 40.1 Å². The molecule has 1 aromatic rings. The van der Waals surface area contributed by atoms with Gasteiger partial charge in [0.2, 0.25) is 5.95 Å². The molecular weight excluding hydrogens is 234 g/mol. The minimum atomic E-state index is 0.697. The lowest BCUT2D eigenvalue weighted by molar-refractivity contribution is 0.248. The van der Waals surface area contributed by atoms with Crippen molar-refractivity contribution in [3.05, 3.63) is 4.77 Å².